The van der Waals surface area contributed by atoms with Crippen LogP contribution in [0, 0.1) is 0 Å². The molecule has 0 aliphatic carbocycles. The van der Waals surface area contributed by atoms with Crippen LogP contribution in [0.3, 0.4) is 0 Å². The molecule has 0 bridgehead atoms. The van der Waals surface area contributed by atoms with E-state index >= 15 is 0 Å². The molecule has 5 heteroatoms. The van der Waals surface area contributed by atoms with E-state index in [1.165, 1.54) is 0 Å². The molecular formula is C17H16ClN2OS+. The Hall–Kier alpha value is -1.49. The van der Waals surface area contributed by atoms with Crippen molar-refractivity contribution in [2.75, 3.05) is 23.7 Å². The maximum Gasteiger partial charge on any atom is 0.316 e. The molecule has 0 radical (unpaired) electrons. The van der Waals surface area contributed by atoms with Gasteiger partial charge < -0.3 is 5.11 Å². The van der Waals surface area contributed by atoms with Gasteiger partial charge in [-0.2, -0.15) is 0 Å². The van der Waals surface area contributed by atoms with Crippen LogP contribution in [0.4, 0.5) is 5.69 Å². The Morgan fingerprint density at radius 3 is 2.55 bits per heavy atom. The molecular weight excluding hydrogens is 316 g/mol. The van der Waals surface area contributed by atoms with Gasteiger partial charge in [0.2, 0.25) is 0 Å². The zero-order chi connectivity index (χ0) is 15.2. The fraction of sp³-hybridized carbons (Fsp3) is 0.235. The van der Waals surface area contributed by atoms with Gasteiger partial charge in [-0.1, -0.05) is 41.9 Å². The normalized spacial score (nSPS) is 24.0. The lowest BCUT2D eigenvalue weighted by Crippen LogP contribution is -2.41. The summed E-state index contributed by atoms with van der Waals surface area (Å²) >= 11 is 7.78. The first-order chi connectivity index (χ1) is 10.7. The van der Waals surface area contributed by atoms with Crippen LogP contribution in [0.5, 0.6) is 0 Å². The molecule has 1 N–H and O–H groups in total. The molecule has 0 spiro atoms. The summed E-state index contributed by atoms with van der Waals surface area (Å²) in [4.78, 5) is 2.20. The van der Waals surface area contributed by atoms with Crippen molar-refractivity contribution in [2.45, 2.75) is 5.72 Å². The fourth-order valence-electron chi connectivity index (χ4n) is 3.12. The van der Waals surface area contributed by atoms with Gasteiger partial charge in [0.25, 0.3) is 5.72 Å². The van der Waals surface area contributed by atoms with Crippen LogP contribution in [0.25, 0.3) is 0 Å². The first-order valence-corrected chi connectivity index (χ1v) is 8.63. The zero-order valence-corrected chi connectivity index (χ0v) is 13.5. The molecule has 0 aromatic heterocycles. The van der Waals surface area contributed by atoms with Crippen LogP contribution in [0.1, 0.15) is 5.56 Å². The van der Waals surface area contributed by atoms with Gasteiger partial charge in [0.15, 0.2) is 6.54 Å². The number of β-amino-alcohol motifs (C(OH)–C–C–N with tert-alkyl or cyclic N) is 1. The predicted molar refractivity (Wildman–Crippen MR) is 91.7 cm³/mol. The number of hydrogen-bond acceptors (Lipinski definition) is 3. The molecule has 0 saturated heterocycles. The van der Waals surface area contributed by atoms with E-state index in [1.54, 1.807) is 11.8 Å². The topological polar surface area (TPSA) is 26.5 Å². The standard InChI is InChI=1S/C17H16ClN2OS/c18-14-8-6-13(7-9-14)17(21)12-19(15-4-2-1-3-5-15)16-20(17)10-11-22-16/h1-9,21H,10-12H2/q+1. The van der Waals surface area contributed by atoms with Crippen LogP contribution in [-0.4, -0.2) is 33.7 Å². The predicted octanol–water partition coefficient (Wildman–Crippen LogP) is 3.12. The quantitative estimate of drug-likeness (QED) is 0.856. The molecule has 2 aromatic rings. The number of hydrogen-bond donors (Lipinski definition) is 1. The molecule has 4 rings (SSSR count). The minimum Gasteiger partial charge on any atom is -0.346 e. The number of halogens is 1. The molecule has 1 atom stereocenters. The van der Waals surface area contributed by atoms with E-state index in [2.05, 4.69) is 21.6 Å². The molecule has 2 aliphatic rings. The third kappa shape index (κ3) is 2.14. The lowest BCUT2D eigenvalue weighted by Gasteiger charge is -2.23. The number of thioether (sulfide) groups is 1. The number of rotatable bonds is 2. The van der Waals surface area contributed by atoms with Crippen molar-refractivity contribution >= 4 is 34.2 Å². The summed E-state index contributed by atoms with van der Waals surface area (Å²) in [7, 11) is 0. The highest BCUT2D eigenvalue weighted by atomic mass is 35.5. The third-order valence-electron chi connectivity index (χ3n) is 4.21. The Morgan fingerprint density at radius 1 is 1.09 bits per heavy atom. The van der Waals surface area contributed by atoms with Crippen LogP contribution >= 0.6 is 23.4 Å². The number of aliphatic hydroxyl groups is 1. The minimum absolute atomic E-state index is 0.529. The van der Waals surface area contributed by atoms with E-state index in [0.29, 0.717) is 11.6 Å². The van der Waals surface area contributed by atoms with E-state index in [1.807, 2.05) is 42.5 Å². The zero-order valence-electron chi connectivity index (χ0n) is 11.9. The number of benzene rings is 2. The lowest BCUT2D eigenvalue weighted by molar-refractivity contribution is -0.650. The smallest absolute Gasteiger partial charge is 0.316 e. The Kier molecular flexibility index (Phi) is 3.40. The molecule has 1 unspecified atom stereocenters. The maximum absolute atomic E-state index is 11.4. The Labute approximate surface area is 138 Å². The van der Waals surface area contributed by atoms with Gasteiger partial charge in [-0.25, -0.2) is 9.48 Å². The second-order valence-corrected chi connectivity index (χ2v) is 7.03. The van der Waals surface area contributed by atoms with Crippen LogP contribution in [0.2, 0.25) is 5.02 Å². The van der Waals surface area contributed by atoms with E-state index in [9.17, 15) is 5.11 Å². The number of para-hydroxylation sites is 1. The Bertz CT molecular complexity index is 732. The summed E-state index contributed by atoms with van der Waals surface area (Å²) in [6.07, 6.45) is 0. The monoisotopic (exact) mass is 331 g/mol. The van der Waals surface area contributed by atoms with E-state index < -0.39 is 5.72 Å². The van der Waals surface area contributed by atoms with Gasteiger partial charge in [-0.15, -0.1) is 0 Å². The summed E-state index contributed by atoms with van der Waals surface area (Å²) in [6.45, 7) is 1.38. The molecule has 2 aromatic carbocycles. The summed E-state index contributed by atoms with van der Waals surface area (Å²) < 4.78 is 2.11. The maximum atomic E-state index is 11.4. The third-order valence-corrected chi connectivity index (χ3v) is 5.55. The van der Waals surface area contributed by atoms with Gasteiger partial charge in [-0.05, 0) is 36.0 Å². The van der Waals surface area contributed by atoms with Crippen LogP contribution < -0.4 is 4.90 Å². The van der Waals surface area contributed by atoms with Crippen molar-refractivity contribution < 1.29 is 9.68 Å². The Morgan fingerprint density at radius 2 is 1.82 bits per heavy atom. The highest BCUT2D eigenvalue weighted by molar-refractivity contribution is 8.14. The van der Waals surface area contributed by atoms with Crippen molar-refractivity contribution in [3.8, 4) is 0 Å². The number of anilines is 1. The molecule has 0 saturated carbocycles. The van der Waals surface area contributed by atoms with E-state index in [4.69, 9.17) is 11.6 Å². The second kappa shape index (κ2) is 5.30. The van der Waals surface area contributed by atoms with Gasteiger partial charge in [0.1, 0.15) is 5.69 Å². The van der Waals surface area contributed by atoms with Crippen LogP contribution in [-0.2, 0) is 5.72 Å². The largest absolute Gasteiger partial charge is 0.346 e. The molecule has 0 fully saturated rings. The molecule has 2 aliphatic heterocycles. The summed E-state index contributed by atoms with van der Waals surface area (Å²) in [5, 5.41) is 13.2. The summed E-state index contributed by atoms with van der Waals surface area (Å²) in [5.74, 6) is 0.995. The molecule has 0 amide bonds. The summed E-state index contributed by atoms with van der Waals surface area (Å²) in [5.41, 5.74) is 0.997. The van der Waals surface area contributed by atoms with Crippen molar-refractivity contribution in [1.82, 2.24) is 0 Å². The van der Waals surface area contributed by atoms with Crippen molar-refractivity contribution in [2.24, 2.45) is 0 Å². The van der Waals surface area contributed by atoms with Gasteiger partial charge in [0.05, 0.1) is 6.54 Å². The molecule has 2 heterocycles. The van der Waals surface area contributed by atoms with E-state index in [0.717, 1.165) is 28.7 Å². The first kappa shape index (κ1) is 14.1. The number of amidine groups is 1. The molecule has 3 nitrogen and oxygen atoms in total. The molecule has 112 valence electrons. The van der Waals surface area contributed by atoms with Crippen molar-refractivity contribution in [1.29, 1.82) is 0 Å². The average Bonchev–Trinajstić information content (AvgIpc) is 3.13. The first-order valence-electron chi connectivity index (χ1n) is 7.27. The lowest BCUT2D eigenvalue weighted by atomic mass is 10.0. The Balaban J connectivity index is 1.78. The van der Waals surface area contributed by atoms with Crippen molar-refractivity contribution in [3.63, 3.8) is 0 Å². The van der Waals surface area contributed by atoms with E-state index in [-0.39, 0.29) is 0 Å². The number of nitrogens with zero attached hydrogens (tertiary/aromatic N) is 2. The van der Waals surface area contributed by atoms with Crippen molar-refractivity contribution in [3.05, 3.63) is 65.2 Å². The minimum atomic E-state index is -1.00. The second-order valence-electron chi connectivity index (χ2n) is 5.53. The SMILES string of the molecule is OC1(c2ccc(Cl)cc2)CN(c2ccccc2)C2=[N+]1CCS2. The van der Waals surface area contributed by atoms with Crippen LogP contribution in [0.15, 0.2) is 54.6 Å². The highest BCUT2D eigenvalue weighted by Gasteiger charge is 2.54. The van der Waals surface area contributed by atoms with Gasteiger partial charge >= 0.3 is 5.17 Å². The fourth-order valence-corrected chi connectivity index (χ4v) is 4.42. The molecule has 22 heavy (non-hydrogen) atoms. The van der Waals surface area contributed by atoms with Gasteiger partial charge in [-0.3, -0.25) is 0 Å². The summed E-state index contributed by atoms with van der Waals surface area (Å²) in [6, 6.07) is 17.7. The van der Waals surface area contributed by atoms with Gasteiger partial charge in [0, 0.05) is 16.3 Å². The highest BCUT2D eigenvalue weighted by Crippen LogP contribution is 2.38. The average molecular weight is 332 g/mol.